The van der Waals surface area contributed by atoms with Gasteiger partial charge in [0.15, 0.2) is 0 Å². The standard InChI is InChI=1S/C17H19N3O4/c21-16(19-17-13-3-1-2-4-14(13)20-24-17)11-5-7-18-15(9-11)23-12-6-8-22-10-12/h5,7,9,12H,1-4,6,8,10H2,(H,19,21). The van der Waals surface area contributed by atoms with Gasteiger partial charge in [-0.2, -0.15) is 0 Å². The first-order valence-electron chi connectivity index (χ1n) is 8.29. The van der Waals surface area contributed by atoms with Crippen molar-refractivity contribution in [1.29, 1.82) is 0 Å². The van der Waals surface area contributed by atoms with Crippen LogP contribution in [0.4, 0.5) is 5.88 Å². The van der Waals surface area contributed by atoms with Gasteiger partial charge in [0.2, 0.25) is 11.8 Å². The average Bonchev–Trinajstić information content (AvgIpc) is 3.25. The summed E-state index contributed by atoms with van der Waals surface area (Å²) < 4.78 is 16.3. The van der Waals surface area contributed by atoms with Crippen molar-refractivity contribution in [2.45, 2.75) is 38.2 Å². The quantitative estimate of drug-likeness (QED) is 0.927. The molecule has 1 amide bonds. The van der Waals surface area contributed by atoms with Crippen LogP contribution < -0.4 is 10.1 Å². The largest absolute Gasteiger partial charge is 0.472 e. The summed E-state index contributed by atoms with van der Waals surface area (Å²) in [5, 5.41) is 6.86. The molecular weight excluding hydrogens is 310 g/mol. The summed E-state index contributed by atoms with van der Waals surface area (Å²) in [6, 6.07) is 3.28. The zero-order chi connectivity index (χ0) is 16.4. The van der Waals surface area contributed by atoms with E-state index in [1.807, 2.05) is 0 Å². The Balaban J connectivity index is 1.47. The number of ether oxygens (including phenoxy) is 2. The molecule has 1 atom stereocenters. The zero-order valence-electron chi connectivity index (χ0n) is 13.3. The summed E-state index contributed by atoms with van der Waals surface area (Å²) in [6.07, 6.45) is 6.40. The Morgan fingerprint density at radius 1 is 1.33 bits per heavy atom. The van der Waals surface area contributed by atoms with Crippen molar-refractivity contribution < 1.29 is 18.8 Å². The third kappa shape index (κ3) is 3.12. The van der Waals surface area contributed by atoms with Crippen LogP contribution >= 0.6 is 0 Å². The molecule has 2 aromatic heterocycles. The summed E-state index contributed by atoms with van der Waals surface area (Å²) in [4.78, 5) is 16.6. The van der Waals surface area contributed by atoms with Crippen molar-refractivity contribution in [3.63, 3.8) is 0 Å². The number of aromatic nitrogens is 2. The molecular formula is C17H19N3O4. The third-order valence-corrected chi connectivity index (χ3v) is 4.36. The maximum absolute atomic E-state index is 12.5. The molecule has 1 aliphatic heterocycles. The first-order valence-corrected chi connectivity index (χ1v) is 8.29. The van der Waals surface area contributed by atoms with Crippen molar-refractivity contribution in [3.05, 3.63) is 35.2 Å². The number of pyridine rings is 1. The molecule has 1 N–H and O–H groups in total. The van der Waals surface area contributed by atoms with Gasteiger partial charge in [-0.15, -0.1) is 0 Å². The molecule has 0 spiro atoms. The van der Waals surface area contributed by atoms with E-state index >= 15 is 0 Å². The van der Waals surface area contributed by atoms with Gasteiger partial charge >= 0.3 is 0 Å². The average molecular weight is 329 g/mol. The third-order valence-electron chi connectivity index (χ3n) is 4.36. The van der Waals surface area contributed by atoms with Crippen LogP contribution in [0.3, 0.4) is 0 Å². The lowest BCUT2D eigenvalue weighted by molar-refractivity contribution is 0.102. The van der Waals surface area contributed by atoms with Crippen molar-refractivity contribution in [2.75, 3.05) is 18.5 Å². The Bertz CT molecular complexity index is 737. The topological polar surface area (TPSA) is 86.5 Å². The molecule has 1 aliphatic carbocycles. The molecule has 0 bridgehead atoms. The van der Waals surface area contributed by atoms with Gasteiger partial charge in [-0.1, -0.05) is 5.16 Å². The predicted octanol–water partition coefficient (Wildman–Crippen LogP) is 2.37. The molecule has 24 heavy (non-hydrogen) atoms. The highest BCUT2D eigenvalue weighted by Gasteiger charge is 2.22. The minimum absolute atomic E-state index is 0.00268. The lowest BCUT2D eigenvalue weighted by atomic mass is 9.98. The van der Waals surface area contributed by atoms with Crippen LogP contribution in [0.15, 0.2) is 22.9 Å². The fourth-order valence-corrected chi connectivity index (χ4v) is 3.06. The summed E-state index contributed by atoms with van der Waals surface area (Å²) >= 11 is 0. The molecule has 0 aromatic carbocycles. The number of nitrogens with zero attached hydrogens (tertiary/aromatic N) is 2. The SMILES string of the molecule is O=C(Nc1onc2c1CCCC2)c1ccnc(OC2CCOC2)c1. The molecule has 1 fully saturated rings. The fourth-order valence-electron chi connectivity index (χ4n) is 3.06. The summed E-state index contributed by atoms with van der Waals surface area (Å²) in [5.41, 5.74) is 2.44. The molecule has 7 nitrogen and oxygen atoms in total. The van der Waals surface area contributed by atoms with Crippen LogP contribution in [-0.2, 0) is 17.6 Å². The first-order chi connectivity index (χ1) is 11.8. The second-order valence-electron chi connectivity index (χ2n) is 6.08. The van der Waals surface area contributed by atoms with Crippen LogP contribution in [-0.4, -0.2) is 35.4 Å². The number of amides is 1. The fraction of sp³-hybridized carbons (Fsp3) is 0.471. The number of hydrogen-bond acceptors (Lipinski definition) is 6. The lowest BCUT2D eigenvalue weighted by Gasteiger charge is -2.12. The Morgan fingerprint density at radius 3 is 3.12 bits per heavy atom. The number of fused-ring (bicyclic) bond motifs is 1. The zero-order valence-corrected chi connectivity index (χ0v) is 13.3. The van der Waals surface area contributed by atoms with E-state index < -0.39 is 0 Å². The number of carbonyl (C=O) groups excluding carboxylic acids is 1. The predicted molar refractivity (Wildman–Crippen MR) is 85.2 cm³/mol. The van der Waals surface area contributed by atoms with E-state index in [1.54, 1.807) is 18.3 Å². The van der Waals surface area contributed by atoms with Crippen LogP contribution in [0.25, 0.3) is 0 Å². The second kappa shape index (κ2) is 6.60. The van der Waals surface area contributed by atoms with Crippen LogP contribution in [0.5, 0.6) is 5.88 Å². The van der Waals surface area contributed by atoms with Gasteiger partial charge in [0, 0.05) is 29.8 Å². The highest BCUT2D eigenvalue weighted by atomic mass is 16.5. The monoisotopic (exact) mass is 329 g/mol. The number of hydrogen-bond donors (Lipinski definition) is 1. The lowest BCUT2D eigenvalue weighted by Crippen LogP contribution is -2.17. The number of carbonyl (C=O) groups is 1. The van der Waals surface area contributed by atoms with E-state index in [-0.39, 0.29) is 12.0 Å². The van der Waals surface area contributed by atoms with Crippen molar-refractivity contribution in [1.82, 2.24) is 10.1 Å². The van der Waals surface area contributed by atoms with Gasteiger partial charge in [-0.3, -0.25) is 10.1 Å². The Labute approximate surface area is 139 Å². The molecule has 2 aliphatic rings. The number of nitrogens with one attached hydrogen (secondary N) is 1. The molecule has 0 saturated carbocycles. The van der Waals surface area contributed by atoms with E-state index in [0.717, 1.165) is 43.4 Å². The minimum Gasteiger partial charge on any atom is -0.472 e. The number of anilines is 1. The van der Waals surface area contributed by atoms with Gasteiger partial charge < -0.3 is 14.0 Å². The van der Waals surface area contributed by atoms with Crippen molar-refractivity contribution >= 4 is 11.8 Å². The molecule has 2 aromatic rings. The molecule has 3 heterocycles. The van der Waals surface area contributed by atoms with E-state index in [2.05, 4.69) is 15.5 Å². The van der Waals surface area contributed by atoms with Gasteiger partial charge in [0.25, 0.3) is 5.91 Å². The number of aryl methyl sites for hydroxylation is 1. The van der Waals surface area contributed by atoms with E-state index in [1.165, 1.54) is 0 Å². The molecule has 7 heteroatoms. The summed E-state index contributed by atoms with van der Waals surface area (Å²) in [7, 11) is 0. The van der Waals surface area contributed by atoms with E-state index in [9.17, 15) is 4.79 Å². The molecule has 4 rings (SSSR count). The number of rotatable bonds is 4. The van der Waals surface area contributed by atoms with Gasteiger partial charge in [0.1, 0.15) is 6.10 Å². The molecule has 1 unspecified atom stereocenters. The van der Waals surface area contributed by atoms with Gasteiger partial charge in [0.05, 0.1) is 18.9 Å². The summed E-state index contributed by atoms with van der Waals surface area (Å²) in [6.45, 7) is 1.25. The minimum atomic E-state index is -0.255. The van der Waals surface area contributed by atoms with Crippen LogP contribution in [0.1, 0.15) is 40.9 Å². The molecule has 126 valence electrons. The first kappa shape index (κ1) is 15.1. The highest BCUT2D eigenvalue weighted by molar-refractivity contribution is 6.04. The molecule has 0 radical (unpaired) electrons. The van der Waals surface area contributed by atoms with Crippen molar-refractivity contribution in [2.24, 2.45) is 0 Å². The highest BCUT2D eigenvalue weighted by Crippen LogP contribution is 2.28. The van der Waals surface area contributed by atoms with E-state index in [4.69, 9.17) is 14.0 Å². The van der Waals surface area contributed by atoms with E-state index in [0.29, 0.717) is 30.5 Å². The molecule has 1 saturated heterocycles. The summed E-state index contributed by atoms with van der Waals surface area (Å²) in [5.74, 6) is 0.630. The van der Waals surface area contributed by atoms with Gasteiger partial charge in [-0.25, -0.2) is 4.98 Å². The van der Waals surface area contributed by atoms with Crippen molar-refractivity contribution in [3.8, 4) is 5.88 Å². The van der Waals surface area contributed by atoms with Gasteiger partial charge in [-0.05, 0) is 31.7 Å². The maximum Gasteiger partial charge on any atom is 0.258 e. The smallest absolute Gasteiger partial charge is 0.258 e. The Morgan fingerprint density at radius 2 is 2.25 bits per heavy atom. The Kier molecular flexibility index (Phi) is 4.17. The second-order valence-corrected chi connectivity index (χ2v) is 6.08. The van der Waals surface area contributed by atoms with Crippen LogP contribution in [0.2, 0.25) is 0 Å². The normalized spacial score (nSPS) is 19.8. The van der Waals surface area contributed by atoms with Crippen LogP contribution in [0, 0.1) is 0 Å². The Hall–Kier alpha value is -2.41. The maximum atomic E-state index is 12.5.